The van der Waals surface area contributed by atoms with Crippen LogP contribution < -0.4 is 10.2 Å². The van der Waals surface area contributed by atoms with Crippen molar-refractivity contribution in [2.24, 2.45) is 0 Å². The highest BCUT2D eigenvalue weighted by molar-refractivity contribution is 7.99. The molecule has 0 spiro atoms. The van der Waals surface area contributed by atoms with E-state index in [9.17, 15) is 4.79 Å². The first-order valence-corrected chi connectivity index (χ1v) is 9.09. The van der Waals surface area contributed by atoms with E-state index in [0.29, 0.717) is 11.5 Å². The van der Waals surface area contributed by atoms with Crippen LogP contribution in [0, 0.1) is 6.92 Å². The Bertz CT molecular complexity index is 666. The van der Waals surface area contributed by atoms with Gasteiger partial charge in [0, 0.05) is 30.5 Å². The van der Waals surface area contributed by atoms with Crippen LogP contribution in [-0.4, -0.2) is 43.1 Å². The van der Waals surface area contributed by atoms with Crippen LogP contribution in [-0.2, 0) is 15.3 Å². The summed E-state index contributed by atoms with van der Waals surface area (Å²) in [5.41, 5.74) is 2.83. The number of anilines is 2. The number of carbonyl (C=O) groups excluding carboxylic acids is 1. The number of nitrogens with one attached hydrogen (secondary N) is 1. The minimum atomic E-state index is -0.0182. The van der Waals surface area contributed by atoms with Gasteiger partial charge in [0.15, 0.2) is 0 Å². The highest BCUT2D eigenvalue weighted by Crippen LogP contribution is 2.19. The van der Waals surface area contributed by atoms with Crippen molar-refractivity contribution in [1.82, 2.24) is 5.16 Å². The molecule has 1 amide bonds. The number of hydrogen-bond acceptors (Lipinski definition) is 6. The fraction of sp³-hybridized carbons (Fsp3) is 0.412. The van der Waals surface area contributed by atoms with Crippen molar-refractivity contribution in [3.05, 3.63) is 41.8 Å². The van der Waals surface area contributed by atoms with Gasteiger partial charge in [-0.1, -0.05) is 5.16 Å². The largest absolute Gasteiger partial charge is 0.378 e. The third kappa shape index (κ3) is 4.75. The van der Waals surface area contributed by atoms with Crippen LogP contribution in [0.3, 0.4) is 0 Å². The topological polar surface area (TPSA) is 67.6 Å². The lowest BCUT2D eigenvalue weighted by Gasteiger charge is -2.28. The average molecular weight is 347 g/mol. The Kier molecular flexibility index (Phi) is 5.77. The smallest absolute Gasteiger partial charge is 0.234 e. The van der Waals surface area contributed by atoms with Crippen LogP contribution in [0.5, 0.6) is 0 Å². The Morgan fingerprint density at radius 1 is 1.29 bits per heavy atom. The van der Waals surface area contributed by atoms with Gasteiger partial charge < -0.3 is 19.5 Å². The molecule has 1 aliphatic rings. The molecule has 24 heavy (non-hydrogen) atoms. The first-order chi connectivity index (χ1) is 11.7. The lowest BCUT2D eigenvalue weighted by atomic mass is 10.2. The van der Waals surface area contributed by atoms with Gasteiger partial charge in [-0.15, -0.1) is 11.8 Å². The standard InChI is InChI=1S/C17H21N3O3S/c1-13-10-16(23-19-13)11-24-12-17(21)18-14-2-4-15(5-3-14)20-6-8-22-9-7-20/h2-5,10H,6-9,11-12H2,1H3,(H,18,21). The molecule has 1 aromatic heterocycles. The SMILES string of the molecule is Cc1cc(CSCC(=O)Nc2ccc(N3CCOCC3)cc2)on1. The van der Waals surface area contributed by atoms with Gasteiger partial charge >= 0.3 is 0 Å². The number of carbonyl (C=O) groups is 1. The summed E-state index contributed by atoms with van der Waals surface area (Å²) in [5, 5.41) is 6.74. The maximum atomic E-state index is 12.0. The molecule has 1 aliphatic heterocycles. The summed E-state index contributed by atoms with van der Waals surface area (Å²) in [7, 11) is 0. The highest BCUT2D eigenvalue weighted by Gasteiger charge is 2.11. The predicted molar refractivity (Wildman–Crippen MR) is 95.5 cm³/mol. The summed E-state index contributed by atoms with van der Waals surface area (Å²) in [6, 6.07) is 9.83. The summed E-state index contributed by atoms with van der Waals surface area (Å²) in [6.45, 7) is 5.22. The number of hydrogen-bond donors (Lipinski definition) is 1. The Labute approximate surface area is 145 Å². The Morgan fingerprint density at radius 3 is 2.71 bits per heavy atom. The van der Waals surface area contributed by atoms with Gasteiger partial charge in [0.2, 0.25) is 5.91 Å². The summed E-state index contributed by atoms with van der Waals surface area (Å²) in [5.74, 6) is 1.80. The van der Waals surface area contributed by atoms with Crippen molar-refractivity contribution >= 4 is 29.0 Å². The van der Waals surface area contributed by atoms with Gasteiger partial charge in [-0.3, -0.25) is 4.79 Å². The second-order valence-corrected chi connectivity index (χ2v) is 6.61. The van der Waals surface area contributed by atoms with Crippen molar-refractivity contribution in [2.45, 2.75) is 12.7 Å². The molecule has 6 nitrogen and oxygen atoms in total. The lowest BCUT2D eigenvalue weighted by Crippen LogP contribution is -2.36. The van der Waals surface area contributed by atoms with Gasteiger partial charge in [0.1, 0.15) is 5.76 Å². The van der Waals surface area contributed by atoms with E-state index < -0.39 is 0 Å². The third-order valence-electron chi connectivity index (χ3n) is 3.68. The average Bonchev–Trinajstić information content (AvgIpc) is 3.02. The van der Waals surface area contributed by atoms with E-state index in [1.165, 1.54) is 11.8 Å². The molecular formula is C17H21N3O3S. The fourth-order valence-electron chi connectivity index (χ4n) is 2.50. The van der Waals surface area contributed by atoms with Crippen molar-refractivity contribution < 1.29 is 14.1 Å². The van der Waals surface area contributed by atoms with E-state index >= 15 is 0 Å². The number of rotatable bonds is 6. The Balaban J connectivity index is 1.44. The van der Waals surface area contributed by atoms with Gasteiger partial charge in [-0.2, -0.15) is 0 Å². The van der Waals surface area contributed by atoms with E-state index in [-0.39, 0.29) is 5.91 Å². The Hall–Kier alpha value is -1.99. The summed E-state index contributed by atoms with van der Waals surface area (Å²) >= 11 is 1.50. The van der Waals surface area contributed by atoms with Gasteiger partial charge in [-0.25, -0.2) is 0 Å². The summed E-state index contributed by atoms with van der Waals surface area (Å²) in [4.78, 5) is 14.3. The van der Waals surface area contributed by atoms with Crippen LogP contribution in [0.4, 0.5) is 11.4 Å². The van der Waals surface area contributed by atoms with Crippen LogP contribution in [0.2, 0.25) is 0 Å². The normalized spacial score (nSPS) is 14.6. The summed E-state index contributed by atoms with van der Waals surface area (Å²) in [6.07, 6.45) is 0. The highest BCUT2D eigenvalue weighted by atomic mass is 32.2. The lowest BCUT2D eigenvalue weighted by molar-refractivity contribution is -0.113. The minimum Gasteiger partial charge on any atom is -0.378 e. The van der Waals surface area contributed by atoms with E-state index in [4.69, 9.17) is 9.26 Å². The van der Waals surface area contributed by atoms with Crippen molar-refractivity contribution in [3.63, 3.8) is 0 Å². The van der Waals surface area contributed by atoms with E-state index in [2.05, 4.69) is 15.4 Å². The molecule has 1 saturated heterocycles. The molecule has 0 unspecified atom stereocenters. The van der Waals surface area contributed by atoms with Crippen molar-refractivity contribution in [1.29, 1.82) is 0 Å². The number of amides is 1. The molecule has 1 aromatic carbocycles. The molecule has 2 aromatic rings. The predicted octanol–water partition coefficient (Wildman–Crippen LogP) is 2.69. The number of thioether (sulfide) groups is 1. The zero-order valence-corrected chi connectivity index (χ0v) is 14.5. The molecule has 0 radical (unpaired) electrons. The molecule has 3 rings (SSSR count). The van der Waals surface area contributed by atoms with Crippen LogP contribution in [0.1, 0.15) is 11.5 Å². The third-order valence-corrected chi connectivity index (χ3v) is 4.64. The van der Waals surface area contributed by atoms with E-state index in [1.807, 2.05) is 37.3 Å². The number of nitrogens with zero attached hydrogens (tertiary/aromatic N) is 2. The minimum absolute atomic E-state index is 0.0182. The molecule has 7 heteroatoms. The summed E-state index contributed by atoms with van der Waals surface area (Å²) < 4.78 is 10.5. The zero-order chi connectivity index (χ0) is 16.8. The van der Waals surface area contributed by atoms with Crippen LogP contribution in [0.15, 0.2) is 34.9 Å². The Morgan fingerprint density at radius 2 is 2.04 bits per heavy atom. The number of aromatic nitrogens is 1. The second-order valence-electron chi connectivity index (χ2n) is 5.62. The maximum Gasteiger partial charge on any atom is 0.234 e. The molecule has 0 bridgehead atoms. The molecule has 128 valence electrons. The van der Waals surface area contributed by atoms with Gasteiger partial charge in [-0.05, 0) is 31.2 Å². The number of benzene rings is 1. The zero-order valence-electron chi connectivity index (χ0n) is 13.7. The molecule has 0 atom stereocenters. The maximum absolute atomic E-state index is 12.0. The quantitative estimate of drug-likeness (QED) is 0.866. The van der Waals surface area contributed by atoms with E-state index in [1.54, 1.807) is 0 Å². The van der Waals surface area contributed by atoms with E-state index in [0.717, 1.165) is 49.1 Å². The van der Waals surface area contributed by atoms with Crippen LogP contribution >= 0.6 is 11.8 Å². The first kappa shape index (κ1) is 16.9. The molecule has 0 saturated carbocycles. The fourth-order valence-corrected chi connectivity index (χ4v) is 3.20. The van der Waals surface area contributed by atoms with Crippen molar-refractivity contribution in [3.8, 4) is 0 Å². The van der Waals surface area contributed by atoms with Crippen molar-refractivity contribution in [2.75, 3.05) is 42.3 Å². The van der Waals surface area contributed by atoms with Gasteiger partial charge in [0.05, 0.1) is 30.4 Å². The number of aryl methyl sites for hydroxylation is 1. The van der Waals surface area contributed by atoms with Gasteiger partial charge in [0.25, 0.3) is 0 Å². The van der Waals surface area contributed by atoms with Crippen LogP contribution in [0.25, 0.3) is 0 Å². The number of ether oxygens (including phenoxy) is 1. The first-order valence-electron chi connectivity index (χ1n) is 7.93. The molecule has 1 N–H and O–H groups in total. The molecular weight excluding hydrogens is 326 g/mol. The molecule has 1 fully saturated rings. The molecule has 2 heterocycles. The molecule has 0 aliphatic carbocycles. The monoisotopic (exact) mass is 347 g/mol. The number of morpholine rings is 1. The second kappa shape index (κ2) is 8.21.